The quantitative estimate of drug-likeness (QED) is 0.347. The van der Waals surface area contributed by atoms with Gasteiger partial charge in [-0.1, -0.05) is 91.0 Å². The molecule has 3 rings (SSSR count). The summed E-state index contributed by atoms with van der Waals surface area (Å²) in [6, 6.07) is 29.0. The summed E-state index contributed by atoms with van der Waals surface area (Å²) >= 11 is 0. The molecular formula is C27H30O5. The maximum atomic E-state index is 11.5. The average Bonchev–Trinajstić information content (AvgIpc) is 2.84. The second-order valence-electron chi connectivity index (χ2n) is 8.40. The first-order chi connectivity index (χ1) is 15.4. The Hall–Kier alpha value is -2.83. The molecule has 0 saturated heterocycles. The number of hydrogen-bond donors (Lipinski definition) is 4. The number of carbonyl (C=O) groups excluding carboxylic acids is 1. The fourth-order valence-electron chi connectivity index (χ4n) is 4.34. The average molecular weight is 435 g/mol. The summed E-state index contributed by atoms with van der Waals surface area (Å²) < 4.78 is 0. The predicted octanol–water partition coefficient (Wildman–Crippen LogP) is 2.34. The van der Waals surface area contributed by atoms with E-state index in [4.69, 9.17) is 0 Å². The Morgan fingerprint density at radius 2 is 0.938 bits per heavy atom. The van der Waals surface area contributed by atoms with E-state index in [1.807, 2.05) is 91.0 Å². The van der Waals surface area contributed by atoms with Crippen LogP contribution in [-0.2, 0) is 24.1 Å². The van der Waals surface area contributed by atoms with Crippen molar-refractivity contribution in [2.75, 3.05) is 0 Å². The van der Waals surface area contributed by atoms with Gasteiger partial charge in [-0.25, -0.2) is 0 Å². The molecule has 0 aliphatic carbocycles. The van der Waals surface area contributed by atoms with Crippen LogP contribution in [0.1, 0.15) is 16.7 Å². The summed E-state index contributed by atoms with van der Waals surface area (Å²) in [5.74, 6) is 0. The van der Waals surface area contributed by atoms with Crippen LogP contribution in [0, 0.1) is 5.41 Å². The lowest BCUT2D eigenvalue weighted by Crippen LogP contribution is -2.54. The maximum Gasteiger partial charge on any atom is 0.151 e. The molecule has 0 radical (unpaired) electrons. The van der Waals surface area contributed by atoms with Crippen LogP contribution in [0.2, 0.25) is 0 Å². The van der Waals surface area contributed by atoms with Crippen LogP contribution in [0.4, 0.5) is 0 Å². The Morgan fingerprint density at radius 3 is 1.25 bits per heavy atom. The van der Waals surface area contributed by atoms with Crippen LogP contribution in [-0.4, -0.2) is 51.1 Å². The van der Waals surface area contributed by atoms with Gasteiger partial charge in [0.25, 0.3) is 0 Å². The fraction of sp³-hybridized carbons (Fsp3) is 0.296. The molecule has 0 aromatic heterocycles. The SMILES string of the molecule is O=C[C@@H](O)[C@H](O)[C@H](O)[C@@H](O)C(Cc1ccccc1)(Cc1ccccc1)Cc1ccccc1. The van der Waals surface area contributed by atoms with E-state index in [2.05, 4.69) is 0 Å². The van der Waals surface area contributed by atoms with Crippen LogP contribution in [0.5, 0.6) is 0 Å². The van der Waals surface area contributed by atoms with E-state index in [9.17, 15) is 25.2 Å². The molecule has 0 bridgehead atoms. The van der Waals surface area contributed by atoms with Gasteiger partial charge < -0.3 is 25.2 Å². The van der Waals surface area contributed by atoms with Crippen molar-refractivity contribution >= 4 is 6.29 Å². The maximum absolute atomic E-state index is 11.5. The summed E-state index contributed by atoms with van der Waals surface area (Å²) in [5.41, 5.74) is 1.98. The third-order valence-electron chi connectivity index (χ3n) is 5.99. The molecule has 0 amide bonds. The van der Waals surface area contributed by atoms with E-state index in [0.29, 0.717) is 19.3 Å². The largest absolute Gasteiger partial charge is 0.390 e. The molecule has 5 nitrogen and oxygen atoms in total. The van der Waals surface area contributed by atoms with Gasteiger partial charge in [-0.05, 0) is 36.0 Å². The zero-order valence-corrected chi connectivity index (χ0v) is 17.9. The Morgan fingerprint density at radius 1 is 0.594 bits per heavy atom. The Labute approximate surface area is 188 Å². The van der Waals surface area contributed by atoms with E-state index in [0.717, 1.165) is 16.7 Å². The van der Waals surface area contributed by atoms with E-state index in [-0.39, 0.29) is 6.29 Å². The number of carbonyl (C=O) groups is 1. The molecule has 4 atom stereocenters. The molecule has 0 unspecified atom stereocenters. The van der Waals surface area contributed by atoms with E-state index in [1.165, 1.54) is 0 Å². The summed E-state index contributed by atoms with van der Waals surface area (Å²) in [5, 5.41) is 42.4. The minimum atomic E-state index is -1.80. The second-order valence-corrected chi connectivity index (χ2v) is 8.40. The van der Waals surface area contributed by atoms with Gasteiger partial charge in [0, 0.05) is 5.41 Å². The van der Waals surface area contributed by atoms with E-state index >= 15 is 0 Å². The van der Waals surface area contributed by atoms with Gasteiger partial charge in [-0.3, -0.25) is 0 Å². The van der Waals surface area contributed by atoms with Crippen molar-refractivity contribution in [1.82, 2.24) is 0 Å². The highest BCUT2D eigenvalue weighted by molar-refractivity contribution is 5.56. The molecule has 4 N–H and O–H groups in total. The van der Waals surface area contributed by atoms with Gasteiger partial charge in [0.1, 0.15) is 18.3 Å². The third-order valence-corrected chi connectivity index (χ3v) is 5.99. The monoisotopic (exact) mass is 434 g/mol. The van der Waals surface area contributed by atoms with Crippen molar-refractivity contribution in [2.45, 2.75) is 43.7 Å². The second kappa shape index (κ2) is 11.2. The number of aliphatic hydroxyl groups is 4. The highest BCUT2D eigenvalue weighted by atomic mass is 16.4. The van der Waals surface area contributed by atoms with E-state index in [1.54, 1.807) is 0 Å². The first kappa shape index (κ1) is 23.8. The predicted molar refractivity (Wildman–Crippen MR) is 123 cm³/mol. The Kier molecular flexibility index (Phi) is 8.31. The van der Waals surface area contributed by atoms with Crippen LogP contribution >= 0.6 is 0 Å². The van der Waals surface area contributed by atoms with Crippen molar-refractivity contribution < 1.29 is 25.2 Å². The first-order valence-electron chi connectivity index (χ1n) is 10.7. The lowest BCUT2D eigenvalue weighted by Gasteiger charge is -2.42. The molecule has 3 aromatic rings. The Bertz CT molecular complexity index is 844. The number of aldehydes is 1. The highest BCUT2D eigenvalue weighted by Crippen LogP contribution is 2.38. The molecular weight excluding hydrogens is 404 g/mol. The van der Waals surface area contributed by atoms with E-state index < -0.39 is 29.8 Å². The van der Waals surface area contributed by atoms with Crippen molar-refractivity contribution in [2.24, 2.45) is 5.41 Å². The van der Waals surface area contributed by atoms with Crippen molar-refractivity contribution in [3.05, 3.63) is 108 Å². The minimum absolute atomic E-state index is 0.161. The van der Waals surface area contributed by atoms with Gasteiger partial charge in [-0.15, -0.1) is 0 Å². The van der Waals surface area contributed by atoms with Gasteiger partial charge in [0.15, 0.2) is 6.29 Å². The molecule has 5 heteroatoms. The molecule has 0 heterocycles. The van der Waals surface area contributed by atoms with Crippen molar-refractivity contribution in [3.63, 3.8) is 0 Å². The van der Waals surface area contributed by atoms with Gasteiger partial charge in [0.05, 0.1) is 6.10 Å². The van der Waals surface area contributed by atoms with Gasteiger partial charge in [0.2, 0.25) is 0 Å². The molecule has 0 saturated carbocycles. The number of hydrogen-bond acceptors (Lipinski definition) is 5. The zero-order valence-electron chi connectivity index (χ0n) is 17.9. The third kappa shape index (κ3) is 5.90. The fourth-order valence-corrected chi connectivity index (χ4v) is 4.34. The van der Waals surface area contributed by atoms with Crippen molar-refractivity contribution in [3.8, 4) is 0 Å². The topological polar surface area (TPSA) is 98.0 Å². The molecule has 0 fully saturated rings. The highest BCUT2D eigenvalue weighted by Gasteiger charge is 2.45. The molecule has 0 aliphatic heterocycles. The van der Waals surface area contributed by atoms with Crippen LogP contribution in [0.15, 0.2) is 91.0 Å². The minimum Gasteiger partial charge on any atom is -0.390 e. The zero-order chi connectivity index (χ0) is 23.0. The standard InChI is InChI=1S/C27H30O5/c28-19-23(29)24(30)25(31)26(32)27(16-20-10-4-1-5-11-20,17-21-12-6-2-7-13-21)18-22-14-8-3-9-15-22/h1-15,19,23-26,29-32H,16-18H2/t23-,24+,25+,26-/m1/s1. The van der Waals surface area contributed by atoms with Gasteiger partial charge >= 0.3 is 0 Å². The molecule has 32 heavy (non-hydrogen) atoms. The first-order valence-corrected chi connectivity index (χ1v) is 10.7. The smallest absolute Gasteiger partial charge is 0.151 e. The number of benzene rings is 3. The van der Waals surface area contributed by atoms with Crippen molar-refractivity contribution in [1.29, 1.82) is 0 Å². The molecule has 3 aromatic carbocycles. The number of aliphatic hydroxyl groups excluding tert-OH is 4. The summed E-state index contributed by atoms with van der Waals surface area (Å²) in [6.07, 6.45) is -5.32. The van der Waals surface area contributed by atoms with Crippen LogP contribution in [0.25, 0.3) is 0 Å². The van der Waals surface area contributed by atoms with Gasteiger partial charge in [-0.2, -0.15) is 0 Å². The summed E-state index contributed by atoms with van der Waals surface area (Å²) in [7, 11) is 0. The lowest BCUT2D eigenvalue weighted by atomic mass is 9.66. The van der Waals surface area contributed by atoms with Crippen LogP contribution < -0.4 is 0 Å². The lowest BCUT2D eigenvalue weighted by molar-refractivity contribution is -0.148. The molecule has 168 valence electrons. The Balaban J connectivity index is 2.08. The summed E-state index contributed by atoms with van der Waals surface area (Å²) in [4.78, 5) is 11.0. The molecule has 0 aliphatic rings. The van der Waals surface area contributed by atoms with Crippen LogP contribution in [0.3, 0.4) is 0 Å². The number of rotatable bonds is 11. The summed E-state index contributed by atoms with van der Waals surface area (Å²) in [6.45, 7) is 0. The normalized spacial score (nSPS) is 15.5. The molecule has 0 spiro atoms.